The first kappa shape index (κ1) is 14.8. The van der Waals surface area contributed by atoms with Crippen molar-refractivity contribution in [2.75, 3.05) is 30.5 Å². The van der Waals surface area contributed by atoms with E-state index in [9.17, 15) is 8.42 Å². The van der Waals surface area contributed by atoms with Gasteiger partial charge in [0, 0.05) is 32.7 Å². The Labute approximate surface area is 127 Å². The molecule has 1 saturated heterocycles. The topological polar surface area (TPSA) is 52.7 Å². The van der Waals surface area contributed by atoms with Crippen LogP contribution in [0.15, 0.2) is 24.3 Å². The van der Waals surface area contributed by atoms with E-state index in [1.54, 1.807) is 8.61 Å². The van der Waals surface area contributed by atoms with Crippen LogP contribution < -0.4 is 9.62 Å². The second-order valence-electron chi connectivity index (χ2n) is 5.99. The first-order valence-corrected chi connectivity index (χ1v) is 9.05. The van der Waals surface area contributed by atoms with Gasteiger partial charge in [-0.2, -0.15) is 12.7 Å². The van der Waals surface area contributed by atoms with E-state index in [4.69, 9.17) is 0 Å². The van der Waals surface area contributed by atoms with E-state index in [1.165, 1.54) is 0 Å². The summed E-state index contributed by atoms with van der Waals surface area (Å²) in [6.07, 6.45) is 2.07. The molecule has 6 heteroatoms. The number of fused-ring (bicyclic) bond motifs is 1. The Morgan fingerprint density at radius 1 is 1.24 bits per heavy atom. The van der Waals surface area contributed by atoms with Crippen LogP contribution >= 0.6 is 0 Å². The molecule has 2 aliphatic rings. The highest BCUT2D eigenvalue weighted by Crippen LogP contribution is 2.28. The molecule has 21 heavy (non-hydrogen) atoms. The Hall–Kier alpha value is -1.11. The zero-order valence-electron chi connectivity index (χ0n) is 12.5. The minimum absolute atomic E-state index is 0.439. The minimum atomic E-state index is -3.43. The number of anilines is 1. The fraction of sp³-hybridized carbons (Fsp3) is 0.600. The van der Waals surface area contributed by atoms with Crippen molar-refractivity contribution >= 4 is 15.9 Å². The highest BCUT2D eigenvalue weighted by Gasteiger charge is 2.34. The Kier molecular flexibility index (Phi) is 4.19. The maximum Gasteiger partial charge on any atom is 0.304 e. The summed E-state index contributed by atoms with van der Waals surface area (Å²) in [7, 11) is -3.43. The van der Waals surface area contributed by atoms with E-state index in [2.05, 4.69) is 12.2 Å². The Morgan fingerprint density at radius 3 is 2.86 bits per heavy atom. The molecule has 0 aliphatic carbocycles. The number of rotatable bonds is 2. The van der Waals surface area contributed by atoms with Gasteiger partial charge in [-0.25, -0.2) is 0 Å². The minimum Gasteiger partial charge on any atom is -0.311 e. The van der Waals surface area contributed by atoms with E-state index in [-0.39, 0.29) is 0 Å². The van der Waals surface area contributed by atoms with Crippen molar-refractivity contribution in [2.24, 2.45) is 5.92 Å². The van der Waals surface area contributed by atoms with Crippen LogP contribution in [0.25, 0.3) is 0 Å². The lowest BCUT2D eigenvalue weighted by atomic mass is 10.0. The van der Waals surface area contributed by atoms with Crippen molar-refractivity contribution in [2.45, 2.75) is 26.3 Å². The largest absolute Gasteiger partial charge is 0.311 e. The van der Waals surface area contributed by atoms with Crippen LogP contribution in [0.1, 0.15) is 25.3 Å². The van der Waals surface area contributed by atoms with Gasteiger partial charge in [0.25, 0.3) is 0 Å². The van der Waals surface area contributed by atoms with Crippen molar-refractivity contribution in [1.82, 2.24) is 9.62 Å². The molecule has 2 heterocycles. The fourth-order valence-corrected chi connectivity index (χ4v) is 4.99. The monoisotopic (exact) mass is 309 g/mol. The van der Waals surface area contributed by atoms with E-state index >= 15 is 0 Å². The van der Waals surface area contributed by atoms with Crippen LogP contribution in [0.5, 0.6) is 0 Å². The normalized spacial score (nSPS) is 24.4. The number of hydrogen-bond donors (Lipinski definition) is 1. The van der Waals surface area contributed by atoms with Crippen LogP contribution in [0, 0.1) is 5.92 Å². The zero-order valence-corrected chi connectivity index (χ0v) is 13.3. The van der Waals surface area contributed by atoms with Gasteiger partial charge in [-0.3, -0.25) is 4.31 Å². The van der Waals surface area contributed by atoms with Gasteiger partial charge in [-0.15, -0.1) is 0 Å². The van der Waals surface area contributed by atoms with Crippen molar-refractivity contribution in [3.8, 4) is 0 Å². The average molecular weight is 309 g/mol. The number of nitrogens with one attached hydrogen (secondary N) is 1. The second-order valence-corrected chi connectivity index (χ2v) is 7.84. The SMILES string of the molecule is CC1CCCN(S(=O)(=O)N2CCNCc3ccccc32)C1. The molecule has 1 unspecified atom stereocenters. The third-order valence-electron chi connectivity index (χ3n) is 4.29. The maximum atomic E-state index is 13.0. The summed E-state index contributed by atoms with van der Waals surface area (Å²) in [6.45, 7) is 5.28. The van der Waals surface area contributed by atoms with Gasteiger partial charge in [0.1, 0.15) is 0 Å². The van der Waals surface area contributed by atoms with Gasteiger partial charge in [0.05, 0.1) is 5.69 Å². The molecule has 1 fully saturated rings. The lowest BCUT2D eigenvalue weighted by molar-refractivity contribution is 0.280. The van der Waals surface area contributed by atoms with Crippen LogP contribution in [0.4, 0.5) is 5.69 Å². The van der Waals surface area contributed by atoms with Gasteiger partial charge < -0.3 is 5.32 Å². The molecule has 1 aromatic carbocycles. The molecule has 0 spiro atoms. The molecule has 1 N–H and O–H groups in total. The second kappa shape index (κ2) is 5.94. The molecule has 1 aromatic rings. The smallest absolute Gasteiger partial charge is 0.304 e. The van der Waals surface area contributed by atoms with E-state index < -0.39 is 10.2 Å². The molecule has 0 amide bonds. The Bertz CT molecular complexity index is 603. The van der Waals surface area contributed by atoms with Gasteiger partial charge in [0.2, 0.25) is 0 Å². The van der Waals surface area contributed by atoms with E-state index in [0.29, 0.717) is 32.1 Å². The molecule has 1 atom stereocenters. The molecule has 0 radical (unpaired) electrons. The molecule has 0 bridgehead atoms. The summed E-state index contributed by atoms with van der Waals surface area (Å²) in [5.74, 6) is 0.439. The number of benzene rings is 1. The molecular weight excluding hydrogens is 286 g/mol. The Balaban J connectivity index is 1.94. The van der Waals surface area contributed by atoms with Gasteiger partial charge >= 0.3 is 10.2 Å². The van der Waals surface area contributed by atoms with Crippen LogP contribution in [-0.2, 0) is 16.8 Å². The highest BCUT2D eigenvalue weighted by atomic mass is 32.2. The molecule has 0 saturated carbocycles. The van der Waals surface area contributed by atoms with Crippen LogP contribution in [0.3, 0.4) is 0 Å². The lowest BCUT2D eigenvalue weighted by Crippen LogP contribution is -2.49. The van der Waals surface area contributed by atoms with Gasteiger partial charge in [-0.05, 0) is 30.4 Å². The average Bonchev–Trinajstić information content (AvgIpc) is 2.70. The quantitative estimate of drug-likeness (QED) is 0.902. The van der Waals surface area contributed by atoms with Crippen molar-refractivity contribution < 1.29 is 8.42 Å². The zero-order chi connectivity index (χ0) is 14.9. The molecular formula is C15H23N3O2S. The van der Waals surface area contributed by atoms with Gasteiger partial charge in [0.15, 0.2) is 0 Å². The summed E-state index contributed by atoms with van der Waals surface area (Å²) in [5, 5.41) is 3.29. The van der Waals surface area contributed by atoms with Gasteiger partial charge in [-0.1, -0.05) is 25.1 Å². The predicted octanol–water partition coefficient (Wildman–Crippen LogP) is 1.57. The molecule has 5 nitrogen and oxygen atoms in total. The highest BCUT2D eigenvalue weighted by molar-refractivity contribution is 7.90. The third-order valence-corrected chi connectivity index (χ3v) is 6.21. The van der Waals surface area contributed by atoms with Crippen molar-refractivity contribution in [1.29, 1.82) is 0 Å². The maximum absolute atomic E-state index is 13.0. The van der Waals surface area contributed by atoms with Crippen molar-refractivity contribution in [3.05, 3.63) is 29.8 Å². The molecule has 116 valence electrons. The van der Waals surface area contributed by atoms with E-state index in [1.807, 2.05) is 24.3 Å². The summed E-state index contributed by atoms with van der Waals surface area (Å²) in [5.41, 5.74) is 1.87. The van der Waals surface area contributed by atoms with E-state index in [0.717, 1.165) is 30.6 Å². The summed E-state index contributed by atoms with van der Waals surface area (Å²) >= 11 is 0. The molecule has 3 rings (SSSR count). The number of nitrogens with zero attached hydrogens (tertiary/aromatic N) is 2. The van der Waals surface area contributed by atoms with Crippen molar-refractivity contribution in [3.63, 3.8) is 0 Å². The molecule has 0 aromatic heterocycles. The number of para-hydroxylation sites is 1. The summed E-state index contributed by atoms with van der Waals surface area (Å²) in [6, 6.07) is 7.77. The Morgan fingerprint density at radius 2 is 2.05 bits per heavy atom. The summed E-state index contributed by atoms with van der Waals surface area (Å²) in [4.78, 5) is 0. The predicted molar refractivity (Wildman–Crippen MR) is 84.4 cm³/mol. The van der Waals surface area contributed by atoms with Crippen LogP contribution in [0.2, 0.25) is 0 Å². The van der Waals surface area contributed by atoms with Crippen LogP contribution in [-0.4, -0.2) is 38.9 Å². The lowest BCUT2D eigenvalue weighted by Gasteiger charge is -2.35. The third kappa shape index (κ3) is 2.93. The number of hydrogen-bond acceptors (Lipinski definition) is 3. The number of piperidine rings is 1. The summed E-state index contributed by atoms with van der Waals surface area (Å²) < 4.78 is 29.3. The first-order chi connectivity index (χ1) is 10.1. The molecule has 2 aliphatic heterocycles. The fourth-order valence-electron chi connectivity index (χ4n) is 3.16. The standard InChI is InChI=1S/C15H23N3O2S/c1-13-5-4-9-17(12-13)21(19,20)18-10-8-16-11-14-6-2-3-7-15(14)18/h2-3,6-7,13,16H,4-5,8-12H2,1H3. The first-order valence-electron chi connectivity index (χ1n) is 7.65.